The number of aryl methyl sites for hydroxylation is 1. The third-order valence-electron chi connectivity index (χ3n) is 2.70. The Morgan fingerprint density at radius 3 is 2.71 bits per heavy atom. The average molecular weight is 288 g/mol. The van der Waals surface area contributed by atoms with E-state index >= 15 is 0 Å². The lowest BCUT2D eigenvalue weighted by atomic mass is 10.2. The summed E-state index contributed by atoms with van der Waals surface area (Å²) < 4.78 is 5.04. The van der Waals surface area contributed by atoms with Gasteiger partial charge in [0.1, 0.15) is 5.69 Å². The van der Waals surface area contributed by atoms with E-state index in [2.05, 4.69) is 20.5 Å². The molecule has 1 aromatic carbocycles. The fraction of sp³-hybridized carbons (Fsp3) is 0.286. The number of benzene rings is 1. The molecule has 0 amide bonds. The van der Waals surface area contributed by atoms with E-state index in [1.807, 2.05) is 6.92 Å². The van der Waals surface area contributed by atoms with Crippen molar-refractivity contribution in [2.45, 2.75) is 20.3 Å². The molecule has 110 valence electrons. The van der Waals surface area contributed by atoms with Crippen LogP contribution in [0.5, 0.6) is 0 Å². The van der Waals surface area contributed by atoms with Gasteiger partial charge in [0.25, 0.3) is 0 Å². The molecule has 0 bridgehead atoms. The summed E-state index contributed by atoms with van der Waals surface area (Å²) in [5, 5.41) is 9.05. The molecule has 2 aromatic rings. The van der Waals surface area contributed by atoms with Gasteiger partial charge in [0, 0.05) is 5.69 Å². The van der Waals surface area contributed by atoms with Gasteiger partial charge in [-0.3, -0.25) is 0 Å². The standard InChI is InChI=1S/C14H16N4O3/c1-3-8-21-13(19)10-4-6-11(7-5-10)15-12-9(2)17-18-14(20)16-12/h4-7H,3,8H2,1-2H3,(H2,15,16,18,20). The Hall–Kier alpha value is -2.70. The van der Waals surface area contributed by atoms with Crippen LogP contribution in [-0.2, 0) is 4.74 Å². The highest BCUT2D eigenvalue weighted by Crippen LogP contribution is 2.16. The van der Waals surface area contributed by atoms with E-state index < -0.39 is 5.69 Å². The number of esters is 1. The lowest BCUT2D eigenvalue weighted by Gasteiger charge is -2.08. The van der Waals surface area contributed by atoms with E-state index in [4.69, 9.17) is 4.74 Å². The van der Waals surface area contributed by atoms with Crippen molar-refractivity contribution in [2.75, 3.05) is 11.9 Å². The molecular formula is C14H16N4O3. The first-order valence-corrected chi connectivity index (χ1v) is 6.57. The Bertz CT molecular complexity index is 679. The van der Waals surface area contributed by atoms with E-state index in [1.165, 1.54) is 0 Å². The summed E-state index contributed by atoms with van der Waals surface area (Å²) in [6.45, 7) is 4.06. The minimum absolute atomic E-state index is 0.351. The zero-order chi connectivity index (χ0) is 15.2. The monoisotopic (exact) mass is 288 g/mol. The highest BCUT2D eigenvalue weighted by atomic mass is 16.5. The van der Waals surface area contributed by atoms with Crippen LogP contribution >= 0.6 is 0 Å². The van der Waals surface area contributed by atoms with Crippen LogP contribution in [0.1, 0.15) is 29.4 Å². The van der Waals surface area contributed by atoms with Crippen LogP contribution in [0.2, 0.25) is 0 Å². The molecule has 0 atom stereocenters. The maximum atomic E-state index is 11.7. The summed E-state index contributed by atoms with van der Waals surface area (Å²) in [5.41, 5.74) is 1.22. The van der Waals surface area contributed by atoms with Crippen molar-refractivity contribution in [1.82, 2.24) is 15.2 Å². The third-order valence-corrected chi connectivity index (χ3v) is 2.70. The molecule has 0 spiro atoms. The number of hydrogen-bond donors (Lipinski definition) is 2. The SMILES string of the molecule is CCCOC(=O)c1ccc(Nc2nc(=O)[nH]nc2C)cc1. The molecule has 1 aromatic heterocycles. The molecule has 0 unspecified atom stereocenters. The minimum atomic E-state index is -0.525. The fourth-order valence-electron chi connectivity index (χ4n) is 1.61. The largest absolute Gasteiger partial charge is 0.462 e. The Kier molecular flexibility index (Phi) is 4.65. The summed E-state index contributed by atoms with van der Waals surface area (Å²) in [7, 11) is 0. The number of nitrogens with one attached hydrogen (secondary N) is 2. The zero-order valence-corrected chi connectivity index (χ0v) is 11.8. The Morgan fingerprint density at radius 2 is 2.05 bits per heavy atom. The number of nitrogens with zero attached hydrogens (tertiary/aromatic N) is 2. The predicted octanol–water partition coefficient (Wildman–Crippen LogP) is 1.78. The van der Waals surface area contributed by atoms with Gasteiger partial charge in [0.15, 0.2) is 5.82 Å². The van der Waals surface area contributed by atoms with Crippen LogP contribution in [0, 0.1) is 6.92 Å². The van der Waals surface area contributed by atoms with E-state index in [-0.39, 0.29) is 5.97 Å². The number of hydrogen-bond acceptors (Lipinski definition) is 6. The van der Waals surface area contributed by atoms with Crippen LogP contribution in [0.4, 0.5) is 11.5 Å². The van der Waals surface area contributed by atoms with Gasteiger partial charge in [-0.1, -0.05) is 6.92 Å². The molecule has 7 nitrogen and oxygen atoms in total. The number of carbonyl (C=O) groups is 1. The number of carbonyl (C=O) groups excluding carboxylic acids is 1. The first-order valence-electron chi connectivity index (χ1n) is 6.57. The summed E-state index contributed by atoms with van der Waals surface area (Å²) in [6.07, 6.45) is 0.784. The topological polar surface area (TPSA) is 97.0 Å². The molecule has 0 radical (unpaired) electrons. The van der Waals surface area contributed by atoms with Crippen LogP contribution in [0.15, 0.2) is 29.1 Å². The summed E-state index contributed by atoms with van der Waals surface area (Å²) >= 11 is 0. The van der Waals surface area contributed by atoms with Gasteiger partial charge in [-0.2, -0.15) is 10.1 Å². The van der Waals surface area contributed by atoms with Gasteiger partial charge < -0.3 is 10.1 Å². The van der Waals surface area contributed by atoms with Gasteiger partial charge in [-0.15, -0.1) is 0 Å². The molecule has 0 fully saturated rings. The number of aromatic nitrogens is 3. The Labute approximate surface area is 121 Å². The van der Waals surface area contributed by atoms with Crippen molar-refractivity contribution in [3.05, 3.63) is 46.0 Å². The predicted molar refractivity (Wildman–Crippen MR) is 77.7 cm³/mol. The molecule has 0 aliphatic heterocycles. The first kappa shape index (κ1) is 14.7. The molecule has 0 saturated carbocycles. The molecule has 2 rings (SSSR count). The second-order valence-corrected chi connectivity index (χ2v) is 4.41. The molecule has 0 saturated heterocycles. The fourth-order valence-corrected chi connectivity index (χ4v) is 1.61. The van der Waals surface area contributed by atoms with Crippen LogP contribution in [-0.4, -0.2) is 27.8 Å². The third kappa shape index (κ3) is 3.88. The Balaban J connectivity index is 2.10. The van der Waals surface area contributed by atoms with E-state index in [1.54, 1.807) is 31.2 Å². The highest BCUT2D eigenvalue weighted by Gasteiger charge is 2.07. The van der Waals surface area contributed by atoms with Crippen LogP contribution in [0.3, 0.4) is 0 Å². The number of ether oxygens (including phenoxy) is 1. The van der Waals surface area contributed by atoms with Crippen molar-refractivity contribution < 1.29 is 9.53 Å². The van der Waals surface area contributed by atoms with Crippen molar-refractivity contribution in [3.8, 4) is 0 Å². The lowest BCUT2D eigenvalue weighted by molar-refractivity contribution is 0.0505. The number of rotatable bonds is 5. The molecule has 7 heteroatoms. The molecule has 1 heterocycles. The first-order chi connectivity index (χ1) is 10.1. The second-order valence-electron chi connectivity index (χ2n) is 4.41. The summed E-state index contributed by atoms with van der Waals surface area (Å²) in [6, 6.07) is 6.72. The van der Waals surface area contributed by atoms with Crippen molar-refractivity contribution >= 4 is 17.5 Å². The Morgan fingerprint density at radius 1 is 1.33 bits per heavy atom. The normalized spacial score (nSPS) is 10.2. The lowest BCUT2D eigenvalue weighted by Crippen LogP contribution is -2.15. The quantitative estimate of drug-likeness (QED) is 0.814. The van der Waals surface area contributed by atoms with E-state index in [0.717, 1.165) is 6.42 Å². The van der Waals surface area contributed by atoms with Crippen molar-refractivity contribution in [1.29, 1.82) is 0 Å². The van der Waals surface area contributed by atoms with Gasteiger partial charge in [0.05, 0.1) is 12.2 Å². The van der Waals surface area contributed by atoms with Crippen molar-refractivity contribution in [3.63, 3.8) is 0 Å². The maximum Gasteiger partial charge on any atom is 0.363 e. The van der Waals surface area contributed by atoms with Gasteiger partial charge in [-0.25, -0.2) is 14.7 Å². The van der Waals surface area contributed by atoms with Gasteiger partial charge in [-0.05, 0) is 37.6 Å². The molecular weight excluding hydrogens is 272 g/mol. The molecule has 0 aliphatic carbocycles. The van der Waals surface area contributed by atoms with Crippen LogP contribution < -0.4 is 11.0 Å². The zero-order valence-electron chi connectivity index (χ0n) is 11.8. The highest BCUT2D eigenvalue weighted by molar-refractivity contribution is 5.89. The van der Waals surface area contributed by atoms with E-state index in [0.29, 0.717) is 29.4 Å². The number of anilines is 2. The average Bonchev–Trinajstić information content (AvgIpc) is 2.49. The minimum Gasteiger partial charge on any atom is -0.462 e. The smallest absolute Gasteiger partial charge is 0.363 e. The molecule has 21 heavy (non-hydrogen) atoms. The molecule has 0 aliphatic rings. The van der Waals surface area contributed by atoms with E-state index in [9.17, 15) is 9.59 Å². The number of H-pyrrole nitrogens is 1. The van der Waals surface area contributed by atoms with Gasteiger partial charge >= 0.3 is 11.7 Å². The summed E-state index contributed by atoms with van der Waals surface area (Å²) in [5.74, 6) is 0.0237. The molecule has 2 N–H and O–H groups in total. The second kappa shape index (κ2) is 6.65. The maximum absolute atomic E-state index is 11.7. The van der Waals surface area contributed by atoms with Crippen molar-refractivity contribution in [2.24, 2.45) is 0 Å². The van der Waals surface area contributed by atoms with Crippen LogP contribution in [0.25, 0.3) is 0 Å². The van der Waals surface area contributed by atoms with Gasteiger partial charge in [0.2, 0.25) is 0 Å². The summed E-state index contributed by atoms with van der Waals surface area (Å²) in [4.78, 5) is 26.6. The number of aromatic amines is 1.